The third-order valence-electron chi connectivity index (χ3n) is 4.27. The van der Waals surface area contributed by atoms with E-state index in [9.17, 15) is 14.0 Å². The van der Waals surface area contributed by atoms with E-state index >= 15 is 0 Å². The fourth-order valence-corrected chi connectivity index (χ4v) is 4.47. The lowest BCUT2D eigenvalue weighted by Gasteiger charge is -2.16. The maximum Gasteiger partial charge on any atom is 0.272 e. The number of carbonyl (C=O) groups is 2. The van der Waals surface area contributed by atoms with Gasteiger partial charge in [0.05, 0.1) is 33.2 Å². The number of rotatable bonds is 5. The molecule has 8 heteroatoms. The highest BCUT2D eigenvalue weighted by molar-refractivity contribution is 8.03. The first-order valence-electron chi connectivity index (χ1n) is 8.45. The van der Waals surface area contributed by atoms with E-state index < -0.39 is 17.6 Å². The fraction of sp³-hybridized carbons (Fsp3) is 0.0476. The van der Waals surface area contributed by atoms with Crippen LogP contribution in [0.3, 0.4) is 0 Å². The molecule has 2 heterocycles. The second-order valence-electron chi connectivity index (χ2n) is 6.09. The standard InChI is InChI=1S/C21H12Cl2FNO3S/c22-12-7-8-14(15(23)10-12)18-19(29-11-13-4-3-9-28-13)21(27)25(20(18)26)17-6-2-1-5-16(17)24/h1-10H,11H2. The highest BCUT2D eigenvalue weighted by Crippen LogP contribution is 2.42. The fourth-order valence-electron chi connectivity index (χ4n) is 2.96. The van der Waals surface area contributed by atoms with Crippen LogP contribution in [0.25, 0.3) is 5.57 Å². The molecule has 2 aromatic carbocycles. The van der Waals surface area contributed by atoms with Gasteiger partial charge in [0.25, 0.3) is 11.8 Å². The molecule has 1 aliphatic rings. The van der Waals surface area contributed by atoms with Gasteiger partial charge in [0.15, 0.2) is 0 Å². The quantitative estimate of drug-likeness (QED) is 0.453. The van der Waals surface area contributed by atoms with Gasteiger partial charge >= 0.3 is 0 Å². The van der Waals surface area contributed by atoms with E-state index in [1.807, 2.05) is 0 Å². The highest BCUT2D eigenvalue weighted by Gasteiger charge is 2.41. The average Bonchev–Trinajstić information content (AvgIpc) is 3.28. The van der Waals surface area contributed by atoms with Gasteiger partial charge in [-0.05, 0) is 36.4 Å². The van der Waals surface area contributed by atoms with Crippen LogP contribution in [0.4, 0.5) is 10.1 Å². The Morgan fingerprint density at radius 1 is 1.00 bits per heavy atom. The summed E-state index contributed by atoms with van der Waals surface area (Å²) in [5, 5.41) is 0.618. The van der Waals surface area contributed by atoms with Crippen molar-refractivity contribution >= 4 is 58.0 Å². The van der Waals surface area contributed by atoms with Crippen LogP contribution in [0.15, 0.2) is 70.2 Å². The number of hydrogen-bond acceptors (Lipinski definition) is 4. The zero-order valence-corrected chi connectivity index (χ0v) is 17.0. The average molecular weight is 448 g/mol. The Hall–Kier alpha value is -2.54. The maximum absolute atomic E-state index is 14.4. The number of nitrogens with zero attached hydrogens (tertiary/aromatic N) is 1. The molecule has 0 fully saturated rings. The van der Waals surface area contributed by atoms with E-state index in [-0.39, 0.29) is 21.2 Å². The number of carbonyl (C=O) groups excluding carboxylic acids is 2. The van der Waals surface area contributed by atoms with E-state index in [0.717, 1.165) is 16.7 Å². The van der Waals surface area contributed by atoms with Crippen molar-refractivity contribution in [2.75, 3.05) is 4.90 Å². The molecule has 1 aromatic heterocycles. The van der Waals surface area contributed by atoms with Crippen molar-refractivity contribution in [3.63, 3.8) is 0 Å². The molecule has 0 N–H and O–H groups in total. The molecule has 0 spiro atoms. The minimum absolute atomic E-state index is 0.108. The van der Waals surface area contributed by atoms with Gasteiger partial charge in [-0.15, -0.1) is 11.8 Å². The van der Waals surface area contributed by atoms with Gasteiger partial charge in [-0.2, -0.15) is 0 Å². The van der Waals surface area contributed by atoms with Crippen LogP contribution in [0, 0.1) is 5.82 Å². The van der Waals surface area contributed by atoms with E-state index in [1.165, 1.54) is 30.5 Å². The zero-order valence-electron chi connectivity index (χ0n) is 14.7. The first-order valence-corrected chi connectivity index (χ1v) is 10.2. The molecule has 4 nitrogen and oxygen atoms in total. The summed E-state index contributed by atoms with van der Waals surface area (Å²) >= 11 is 13.4. The number of furan rings is 1. The summed E-state index contributed by atoms with van der Waals surface area (Å²) in [5.74, 6) is -0.980. The molecule has 0 radical (unpaired) electrons. The predicted molar refractivity (Wildman–Crippen MR) is 112 cm³/mol. The topological polar surface area (TPSA) is 50.5 Å². The van der Waals surface area contributed by atoms with Crippen molar-refractivity contribution < 1.29 is 18.4 Å². The van der Waals surface area contributed by atoms with Crippen LogP contribution in [-0.4, -0.2) is 11.8 Å². The molecular formula is C21H12Cl2FNO3S. The molecule has 0 atom stereocenters. The Balaban J connectivity index is 1.81. The van der Waals surface area contributed by atoms with Crippen LogP contribution in [0.1, 0.15) is 11.3 Å². The predicted octanol–water partition coefficient (Wildman–Crippen LogP) is 5.94. The van der Waals surface area contributed by atoms with Crippen LogP contribution in [0.5, 0.6) is 0 Å². The van der Waals surface area contributed by atoms with Crippen LogP contribution >= 0.6 is 35.0 Å². The Kier molecular flexibility index (Phi) is 5.50. The lowest BCUT2D eigenvalue weighted by molar-refractivity contribution is -0.119. The number of amides is 2. The molecule has 1 aliphatic heterocycles. The molecule has 0 unspecified atom stereocenters. The number of halogens is 3. The smallest absolute Gasteiger partial charge is 0.272 e. The Morgan fingerprint density at radius 3 is 2.48 bits per heavy atom. The van der Waals surface area contributed by atoms with Crippen molar-refractivity contribution in [2.24, 2.45) is 0 Å². The molecule has 2 amide bonds. The van der Waals surface area contributed by atoms with E-state index in [1.54, 1.807) is 30.3 Å². The summed E-state index contributed by atoms with van der Waals surface area (Å²) in [6.45, 7) is 0. The third kappa shape index (κ3) is 3.71. The van der Waals surface area contributed by atoms with Gasteiger partial charge in [0.2, 0.25) is 0 Å². The monoisotopic (exact) mass is 447 g/mol. The molecule has 29 heavy (non-hydrogen) atoms. The molecular weight excluding hydrogens is 436 g/mol. The second-order valence-corrected chi connectivity index (χ2v) is 7.92. The van der Waals surface area contributed by atoms with Crippen molar-refractivity contribution in [1.29, 1.82) is 0 Å². The molecule has 0 saturated heterocycles. The van der Waals surface area contributed by atoms with Crippen molar-refractivity contribution in [1.82, 2.24) is 0 Å². The zero-order chi connectivity index (χ0) is 20.5. The number of para-hydroxylation sites is 1. The lowest BCUT2D eigenvalue weighted by Crippen LogP contribution is -2.32. The number of hydrogen-bond donors (Lipinski definition) is 0. The molecule has 3 aromatic rings. The summed E-state index contributed by atoms with van der Waals surface area (Å²) in [6.07, 6.45) is 1.52. The number of anilines is 1. The molecule has 0 aliphatic carbocycles. The molecule has 0 saturated carbocycles. The molecule has 4 rings (SSSR count). The minimum Gasteiger partial charge on any atom is -0.468 e. The lowest BCUT2D eigenvalue weighted by atomic mass is 10.1. The summed E-state index contributed by atoms with van der Waals surface area (Å²) in [5.41, 5.74) is 0.352. The van der Waals surface area contributed by atoms with Crippen molar-refractivity contribution in [3.05, 3.63) is 93.0 Å². The first-order chi connectivity index (χ1) is 14.0. The Labute approximate surface area is 179 Å². The van der Waals surface area contributed by atoms with Crippen molar-refractivity contribution in [2.45, 2.75) is 5.75 Å². The maximum atomic E-state index is 14.4. The molecule has 146 valence electrons. The normalized spacial score (nSPS) is 14.2. The number of benzene rings is 2. The van der Waals surface area contributed by atoms with E-state index in [2.05, 4.69) is 0 Å². The second kappa shape index (κ2) is 8.06. The third-order valence-corrected chi connectivity index (χ3v) is 5.92. The van der Waals surface area contributed by atoms with Gasteiger partial charge in [0.1, 0.15) is 11.6 Å². The first kappa shape index (κ1) is 19.8. The minimum atomic E-state index is -0.673. The summed E-state index contributed by atoms with van der Waals surface area (Å²) in [7, 11) is 0. The van der Waals surface area contributed by atoms with Crippen LogP contribution in [0.2, 0.25) is 10.0 Å². The highest BCUT2D eigenvalue weighted by atomic mass is 35.5. The number of thioether (sulfide) groups is 1. The van der Waals surface area contributed by atoms with Crippen molar-refractivity contribution in [3.8, 4) is 0 Å². The summed E-state index contributed by atoms with van der Waals surface area (Å²) in [6, 6.07) is 13.8. The largest absolute Gasteiger partial charge is 0.468 e. The summed E-state index contributed by atoms with van der Waals surface area (Å²) in [4.78, 5) is 27.4. The van der Waals surface area contributed by atoms with Gasteiger partial charge in [-0.25, -0.2) is 9.29 Å². The molecule has 0 bridgehead atoms. The van der Waals surface area contributed by atoms with Gasteiger partial charge in [-0.1, -0.05) is 41.4 Å². The van der Waals surface area contributed by atoms with Gasteiger partial charge < -0.3 is 4.42 Å². The Bertz CT molecular complexity index is 1140. The van der Waals surface area contributed by atoms with Crippen LogP contribution < -0.4 is 4.90 Å². The SMILES string of the molecule is O=C1C(SCc2ccco2)=C(c2ccc(Cl)cc2Cl)C(=O)N1c1ccccc1F. The van der Waals surface area contributed by atoms with E-state index in [4.69, 9.17) is 27.6 Å². The van der Waals surface area contributed by atoms with Crippen LogP contribution in [-0.2, 0) is 15.3 Å². The van der Waals surface area contributed by atoms with E-state index in [0.29, 0.717) is 22.1 Å². The number of imide groups is 1. The van der Waals surface area contributed by atoms with Gasteiger partial charge in [-0.3, -0.25) is 9.59 Å². The Morgan fingerprint density at radius 2 is 1.79 bits per heavy atom. The summed E-state index contributed by atoms with van der Waals surface area (Å²) < 4.78 is 19.7. The van der Waals surface area contributed by atoms with Gasteiger partial charge in [0, 0.05) is 10.6 Å².